The third-order valence-corrected chi connectivity index (χ3v) is 3.63. The van der Waals surface area contributed by atoms with Gasteiger partial charge >= 0.3 is 6.18 Å². The van der Waals surface area contributed by atoms with E-state index in [4.69, 9.17) is 10.2 Å². The standard InChI is InChI=1S/C18H10F3N5O/c19-18(20,21)12-6-3-11(4-7-12)5-8-13-10-26-17(15(22)23-13)24-16(25-26)14-2-1-9-27-14/h1-4,6-7,9-10H,(H2,22,23). The van der Waals surface area contributed by atoms with Crippen LogP contribution in [0.3, 0.4) is 0 Å². The van der Waals surface area contributed by atoms with Crippen LogP contribution in [0.2, 0.25) is 0 Å². The highest BCUT2D eigenvalue weighted by Crippen LogP contribution is 2.29. The molecular weight excluding hydrogens is 359 g/mol. The Morgan fingerprint density at radius 3 is 2.48 bits per heavy atom. The van der Waals surface area contributed by atoms with Gasteiger partial charge in [-0.2, -0.15) is 13.2 Å². The molecule has 2 N–H and O–H groups in total. The summed E-state index contributed by atoms with van der Waals surface area (Å²) in [5, 5.41) is 4.27. The van der Waals surface area contributed by atoms with Crippen molar-refractivity contribution in [2.75, 3.05) is 5.73 Å². The molecule has 3 heterocycles. The maximum Gasteiger partial charge on any atom is 0.416 e. The van der Waals surface area contributed by atoms with Crippen molar-refractivity contribution in [2.24, 2.45) is 0 Å². The third-order valence-electron chi connectivity index (χ3n) is 3.63. The number of furan rings is 1. The van der Waals surface area contributed by atoms with Crippen LogP contribution in [0, 0.1) is 11.8 Å². The van der Waals surface area contributed by atoms with Gasteiger partial charge in [-0.05, 0) is 42.3 Å². The zero-order valence-electron chi connectivity index (χ0n) is 13.5. The van der Waals surface area contributed by atoms with Gasteiger partial charge in [0, 0.05) is 5.56 Å². The fourth-order valence-corrected chi connectivity index (χ4v) is 2.36. The van der Waals surface area contributed by atoms with Crippen molar-refractivity contribution >= 4 is 11.5 Å². The second kappa shape index (κ2) is 6.17. The van der Waals surface area contributed by atoms with Crippen LogP contribution in [0.4, 0.5) is 19.0 Å². The number of rotatable bonds is 1. The van der Waals surface area contributed by atoms with Crippen LogP contribution in [0.25, 0.3) is 17.2 Å². The molecule has 0 aliphatic rings. The van der Waals surface area contributed by atoms with Crippen LogP contribution in [-0.2, 0) is 6.18 Å². The van der Waals surface area contributed by atoms with Gasteiger partial charge < -0.3 is 10.2 Å². The Kier molecular flexibility index (Phi) is 3.81. The molecule has 0 aliphatic heterocycles. The molecule has 27 heavy (non-hydrogen) atoms. The number of anilines is 1. The van der Waals surface area contributed by atoms with Gasteiger partial charge in [0.1, 0.15) is 5.69 Å². The SMILES string of the molecule is Nc1nc(C#Cc2ccc(C(F)(F)F)cc2)cn2nc(-c3ccco3)nc12. The van der Waals surface area contributed by atoms with Gasteiger partial charge in [-0.25, -0.2) is 14.5 Å². The van der Waals surface area contributed by atoms with E-state index < -0.39 is 11.7 Å². The van der Waals surface area contributed by atoms with E-state index in [-0.39, 0.29) is 5.82 Å². The molecule has 0 atom stereocenters. The van der Waals surface area contributed by atoms with Crippen molar-refractivity contribution < 1.29 is 17.6 Å². The second-order valence-electron chi connectivity index (χ2n) is 5.52. The minimum absolute atomic E-state index is 0.125. The van der Waals surface area contributed by atoms with Gasteiger partial charge in [-0.3, -0.25) is 0 Å². The average Bonchev–Trinajstić information content (AvgIpc) is 3.29. The number of benzene rings is 1. The summed E-state index contributed by atoms with van der Waals surface area (Å²) >= 11 is 0. The van der Waals surface area contributed by atoms with Crippen molar-refractivity contribution in [2.45, 2.75) is 6.18 Å². The molecule has 0 saturated heterocycles. The largest absolute Gasteiger partial charge is 0.461 e. The molecule has 1 aromatic carbocycles. The zero-order chi connectivity index (χ0) is 19.0. The normalized spacial score (nSPS) is 11.4. The van der Waals surface area contributed by atoms with Crippen molar-refractivity contribution in [3.8, 4) is 23.4 Å². The number of alkyl halides is 3. The highest BCUT2D eigenvalue weighted by molar-refractivity contribution is 5.64. The lowest BCUT2D eigenvalue weighted by atomic mass is 10.1. The number of hydrogen-bond acceptors (Lipinski definition) is 5. The zero-order valence-corrected chi connectivity index (χ0v) is 13.5. The fraction of sp³-hybridized carbons (Fsp3) is 0.0556. The van der Waals surface area contributed by atoms with Gasteiger partial charge in [0.05, 0.1) is 18.0 Å². The molecule has 0 fully saturated rings. The molecule has 4 rings (SSSR count). The van der Waals surface area contributed by atoms with Crippen LogP contribution < -0.4 is 5.73 Å². The summed E-state index contributed by atoms with van der Waals surface area (Å²) in [5.41, 5.74) is 6.24. The molecule has 0 aliphatic carbocycles. The van der Waals surface area contributed by atoms with E-state index in [1.807, 2.05) is 0 Å². The Labute approximate surface area is 150 Å². The van der Waals surface area contributed by atoms with Crippen LogP contribution >= 0.6 is 0 Å². The van der Waals surface area contributed by atoms with Crippen molar-refractivity contribution in [3.63, 3.8) is 0 Å². The Morgan fingerprint density at radius 1 is 1.04 bits per heavy atom. The van der Waals surface area contributed by atoms with Gasteiger partial charge in [0.2, 0.25) is 5.82 Å². The monoisotopic (exact) mass is 369 g/mol. The second-order valence-corrected chi connectivity index (χ2v) is 5.52. The molecule has 4 aromatic rings. The first kappa shape index (κ1) is 16.7. The first-order valence-corrected chi connectivity index (χ1v) is 7.66. The maximum absolute atomic E-state index is 12.6. The van der Waals surface area contributed by atoms with E-state index in [2.05, 4.69) is 26.9 Å². The van der Waals surface area contributed by atoms with Crippen LogP contribution in [-0.4, -0.2) is 19.6 Å². The summed E-state index contributed by atoms with van der Waals surface area (Å²) in [6.45, 7) is 0. The predicted molar refractivity (Wildman–Crippen MR) is 90.3 cm³/mol. The van der Waals surface area contributed by atoms with Crippen LogP contribution in [0.15, 0.2) is 53.3 Å². The van der Waals surface area contributed by atoms with Gasteiger partial charge in [-0.1, -0.05) is 5.92 Å². The molecule has 0 amide bonds. The maximum atomic E-state index is 12.6. The van der Waals surface area contributed by atoms with Gasteiger partial charge in [-0.15, -0.1) is 5.10 Å². The number of nitrogens with two attached hydrogens (primary N) is 1. The average molecular weight is 369 g/mol. The summed E-state index contributed by atoms with van der Waals surface area (Å²) < 4.78 is 44.4. The van der Waals surface area contributed by atoms with Gasteiger partial charge in [0.15, 0.2) is 17.2 Å². The van der Waals surface area contributed by atoms with E-state index in [0.717, 1.165) is 12.1 Å². The van der Waals surface area contributed by atoms with Crippen LogP contribution in [0.5, 0.6) is 0 Å². The highest BCUT2D eigenvalue weighted by atomic mass is 19.4. The molecule has 134 valence electrons. The van der Waals surface area contributed by atoms with E-state index in [1.165, 1.54) is 29.1 Å². The van der Waals surface area contributed by atoms with Crippen molar-refractivity contribution in [3.05, 3.63) is 65.7 Å². The topological polar surface area (TPSA) is 82.2 Å². The highest BCUT2D eigenvalue weighted by Gasteiger charge is 2.29. The number of hydrogen-bond donors (Lipinski definition) is 1. The lowest BCUT2D eigenvalue weighted by Crippen LogP contribution is -2.04. The number of aromatic nitrogens is 4. The quantitative estimate of drug-likeness (QED) is 0.520. The minimum atomic E-state index is -4.38. The van der Waals surface area contributed by atoms with E-state index in [1.54, 1.807) is 12.1 Å². The molecule has 9 heteroatoms. The molecular formula is C18H10F3N5O. The Balaban J connectivity index is 1.66. The number of fused-ring (bicyclic) bond motifs is 1. The van der Waals surface area contributed by atoms with E-state index in [0.29, 0.717) is 28.5 Å². The Hall–Kier alpha value is -3.80. The molecule has 0 bridgehead atoms. The number of nitrogens with zero attached hydrogens (tertiary/aromatic N) is 4. The number of nitrogen functional groups attached to an aromatic ring is 1. The predicted octanol–water partition coefficient (Wildman–Crippen LogP) is 3.39. The van der Waals surface area contributed by atoms with Crippen molar-refractivity contribution in [1.29, 1.82) is 0 Å². The lowest BCUT2D eigenvalue weighted by molar-refractivity contribution is -0.137. The molecule has 3 aromatic heterocycles. The summed E-state index contributed by atoms with van der Waals surface area (Å²) in [6, 6.07) is 7.96. The number of halogens is 3. The smallest absolute Gasteiger partial charge is 0.416 e. The first-order valence-electron chi connectivity index (χ1n) is 7.66. The summed E-state index contributed by atoms with van der Waals surface area (Å²) in [5.74, 6) is 6.47. The molecule has 0 radical (unpaired) electrons. The summed E-state index contributed by atoms with van der Waals surface area (Å²) in [4.78, 5) is 8.40. The van der Waals surface area contributed by atoms with Crippen molar-refractivity contribution in [1.82, 2.24) is 19.6 Å². The van der Waals surface area contributed by atoms with Gasteiger partial charge in [0.25, 0.3) is 0 Å². The summed E-state index contributed by atoms with van der Waals surface area (Å²) in [7, 11) is 0. The molecule has 0 unspecified atom stereocenters. The van der Waals surface area contributed by atoms with Crippen LogP contribution in [0.1, 0.15) is 16.8 Å². The third kappa shape index (κ3) is 3.32. The molecule has 6 nitrogen and oxygen atoms in total. The van der Waals surface area contributed by atoms with E-state index >= 15 is 0 Å². The fourth-order valence-electron chi connectivity index (χ4n) is 2.36. The molecule has 0 saturated carbocycles. The van der Waals surface area contributed by atoms with E-state index in [9.17, 15) is 13.2 Å². The minimum Gasteiger partial charge on any atom is -0.461 e. The Morgan fingerprint density at radius 2 is 1.81 bits per heavy atom. The molecule has 0 spiro atoms. The summed E-state index contributed by atoms with van der Waals surface area (Å²) in [6.07, 6.45) is -1.35. The Bertz CT molecular complexity index is 1170. The first-order chi connectivity index (χ1) is 12.9. The lowest BCUT2D eigenvalue weighted by Gasteiger charge is -2.05.